The van der Waals surface area contributed by atoms with Gasteiger partial charge in [-0.15, -0.1) is 0 Å². The lowest BCUT2D eigenvalue weighted by Crippen LogP contribution is -2.53. The van der Waals surface area contributed by atoms with Gasteiger partial charge < -0.3 is 18.4 Å². The molecule has 17 heavy (non-hydrogen) atoms. The van der Waals surface area contributed by atoms with Gasteiger partial charge in [-0.05, 0) is 13.1 Å². The summed E-state index contributed by atoms with van der Waals surface area (Å²) < 4.78 is 17.0. The highest BCUT2D eigenvalue weighted by molar-refractivity contribution is 6.88. The Morgan fingerprint density at radius 1 is 0.941 bits per heavy atom. The predicted octanol–water partition coefficient (Wildman–Crippen LogP) is 1.89. The van der Waals surface area contributed by atoms with Crippen LogP contribution in [0.5, 0.6) is 0 Å². The number of rotatable bonds is 8. The van der Waals surface area contributed by atoms with Crippen molar-refractivity contribution in [3.05, 3.63) is 0 Å². The molecule has 7 heteroatoms. The van der Waals surface area contributed by atoms with Crippen LogP contribution in [0.4, 0.5) is 0 Å². The summed E-state index contributed by atoms with van der Waals surface area (Å²) in [6.07, 6.45) is 0.863. The van der Waals surface area contributed by atoms with E-state index in [4.69, 9.17) is 13.3 Å². The van der Waals surface area contributed by atoms with Gasteiger partial charge >= 0.3 is 8.56 Å². The molecule has 0 rings (SSSR count). The van der Waals surface area contributed by atoms with Gasteiger partial charge in [-0.2, -0.15) is 0 Å². The minimum atomic E-state index is -2.44. The zero-order chi connectivity index (χ0) is 13.7. The minimum absolute atomic E-state index is 0.00721. The van der Waals surface area contributed by atoms with Gasteiger partial charge in [0.2, 0.25) is 0 Å². The normalized spacial score (nSPS) is 14.1. The summed E-state index contributed by atoms with van der Waals surface area (Å²) in [5.74, 6) is 0. The molecule has 104 valence electrons. The number of hydrogen-bond acceptors (Lipinski definition) is 4. The van der Waals surface area contributed by atoms with Crippen molar-refractivity contribution in [2.75, 3.05) is 26.7 Å². The summed E-state index contributed by atoms with van der Waals surface area (Å²) in [5.41, 5.74) is 0.772. The molecular weight excluding hydrogens is 268 g/mol. The van der Waals surface area contributed by atoms with Gasteiger partial charge in [0.15, 0.2) is 8.32 Å². The molecule has 0 atom stereocenters. The standard InChI is InChI=1S/C10H28O4Si3/c1-12-17(8-11,13-2)10-16(6,7)14-9-15(3,4)5/h11H,8-10H2,1-7H3. The summed E-state index contributed by atoms with van der Waals surface area (Å²) >= 11 is 0. The van der Waals surface area contributed by atoms with Crippen LogP contribution in [0.15, 0.2) is 0 Å². The predicted molar refractivity (Wildman–Crippen MR) is 78.4 cm³/mol. The molecule has 1 N–H and O–H groups in total. The second kappa shape index (κ2) is 6.60. The molecule has 0 aliphatic rings. The van der Waals surface area contributed by atoms with Gasteiger partial charge in [0.05, 0.1) is 14.3 Å². The third-order valence-corrected chi connectivity index (χ3v) is 12.3. The van der Waals surface area contributed by atoms with E-state index in [0.717, 1.165) is 11.9 Å². The van der Waals surface area contributed by atoms with E-state index in [0.29, 0.717) is 0 Å². The largest absolute Gasteiger partial charge is 0.421 e. The summed E-state index contributed by atoms with van der Waals surface area (Å²) in [4.78, 5) is 0. The molecule has 0 amide bonds. The van der Waals surface area contributed by atoms with Crippen LogP contribution in [0.2, 0.25) is 38.4 Å². The third kappa shape index (κ3) is 6.85. The molecule has 0 saturated carbocycles. The Bertz CT molecular complexity index is 216. The van der Waals surface area contributed by atoms with E-state index in [-0.39, 0.29) is 6.23 Å². The van der Waals surface area contributed by atoms with Crippen LogP contribution in [0.3, 0.4) is 0 Å². The fourth-order valence-electron chi connectivity index (χ4n) is 1.52. The Hall–Kier alpha value is 0.491. The van der Waals surface area contributed by atoms with Crippen molar-refractivity contribution >= 4 is 25.0 Å². The maximum atomic E-state index is 9.46. The average Bonchev–Trinajstić information content (AvgIpc) is 2.23. The fraction of sp³-hybridized carbons (Fsp3) is 1.00. The Balaban J connectivity index is 4.50. The summed E-state index contributed by atoms with van der Waals surface area (Å²) in [5, 5.41) is 9.46. The van der Waals surface area contributed by atoms with Gasteiger partial charge in [-0.3, -0.25) is 0 Å². The molecule has 4 nitrogen and oxygen atoms in total. The second-order valence-electron chi connectivity index (χ2n) is 6.26. The van der Waals surface area contributed by atoms with E-state index < -0.39 is 25.0 Å². The highest BCUT2D eigenvalue weighted by Crippen LogP contribution is 2.22. The Morgan fingerprint density at radius 3 is 1.71 bits per heavy atom. The van der Waals surface area contributed by atoms with E-state index in [2.05, 4.69) is 32.7 Å². The third-order valence-electron chi connectivity index (χ3n) is 2.58. The average molecular weight is 297 g/mol. The molecule has 0 fully saturated rings. The second-order valence-corrected chi connectivity index (χ2v) is 19.8. The van der Waals surface area contributed by atoms with Crippen LogP contribution >= 0.6 is 0 Å². The first-order valence-electron chi connectivity index (χ1n) is 5.95. The van der Waals surface area contributed by atoms with Crippen LogP contribution in [-0.2, 0) is 13.3 Å². The molecule has 0 heterocycles. The van der Waals surface area contributed by atoms with E-state index in [1.165, 1.54) is 0 Å². The topological polar surface area (TPSA) is 47.9 Å². The Labute approximate surface area is 109 Å². The number of aliphatic hydroxyl groups excluding tert-OH is 1. The number of hydrogen-bond donors (Lipinski definition) is 1. The van der Waals surface area contributed by atoms with Crippen molar-refractivity contribution in [1.29, 1.82) is 0 Å². The summed E-state index contributed by atoms with van der Waals surface area (Å²) in [7, 11) is -2.22. The van der Waals surface area contributed by atoms with Crippen LogP contribution < -0.4 is 0 Å². The minimum Gasteiger partial charge on any atom is -0.421 e. The van der Waals surface area contributed by atoms with Crippen LogP contribution in [0.25, 0.3) is 0 Å². The first-order chi connectivity index (χ1) is 7.60. The number of aliphatic hydroxyl groups is 1. The molecule has 0 aromatic heterocycles. The van der Waals surface area contributed by atoms with Gasteiger partial charge in [0.25, 0.3) is 0 Å². The lowest BCUT2D eigenvalue weighted by atomic mass is 11.7. The molecular formula is C10H28O4Si3. The highest BCUT2D eigenvalue weighted by atomic mass is 28.4. The smallest absolute Gasteiger partial charge is 0.363 e. The van der Waals surface area contributed by atoms with E-state index in [9.17, 15) is 5.11 Å². The van der Waals surface area contributed by atoms with Gasteiger partial charge in [-0.25, -0.2) is 0 Å². The van der Waals surface area contributed by atoms with Crippen molar-refractivity contribution in [2.24, 2.45) is 0 Å². The molecule has 0 aromatic carbocycles. The van der Waals surface area contributed by atoms with Crippen LogP contribution in [0, 0.1) is 0 Å². The monoisotopic (exact) mass is 296 g/mol. The molecule has 0 saturated heterocycles. The first kappa shape index (κ1) is 17.5. The maximum absolute atomic E-state index is 9.46. The lowest BCUT2D eigenvalue weighted by Gasteiger charge is -2.34. The van der Waals surface area contributed by atoms with Crippen LogP contribution in [-0.4, -0.2) is 56.7 Å². The molecule has 0 aromatic rings. The van der Waals surface area contributed by atoms with Crippen molar-refractivity contribution in [2.45, 2.75) is 38.4 Å². The van der Waals surface area contributed by atoms with E-state index >= 15 is 0 Å². The molecule has 0 radical (unpaired) electrons. The Kier molecular flexibility index (Phi) is 6.79. The zero-order valence-electron chi connectivity index (χ0n) is 12.3. The molecule has 0 spiro atoms. The van der Waals surface area contributed by atoms with Gasteiger partial charge in [0, 0.05) is 26.1 Å². The molecule has 0 aliphatic carbocycles. The molecule has 0 unspecified atom stereocenters. The van der Waals surface area contributed by atoms with Crippen molar-refractivity contribution in [3.8, 4) is 0 Å². The summed E-state index contributed by atoms with van der Waals surface area (Å²) in [6, 6.07) is 0. The SMILES string of the molecule is CO[Si](CO)(C[Si](C)(C)OC[Si](C)(C)C)OC. The Morgan fingerprint density at radius 2 is 1.41 bits per heavy atom. The molecule has 0 aliphatic heterocycles. The first-order valence-corrected chi connectivity index (χ1v) is 15.0. The highest BCUT2D eigenvalue weighted by Gasteiger charge is 2.43. The van der Waals surface area contributed by atoms with E-state index in [1.54, 1.807) is 14.2 Å². The lowest BCUT2D eigenvalue weighted by molar-refractivity contribution is 0.199. The van der Waals surface area contributed by atoms with Gasteiger partial charge in [-0.1, -0.05) is 19.6 Å². The van der Waals surface area contributed by atoms with E-state index in [1.807, 2.05) is 0 Å². The maximum Gasteiger partial charge on any atom is 0.363 e. The van der Waals surface area contributed by atoms with Crippen molar-refractivity contribution in [3.63, 3.8) is 0 Å². The van der Waals surface area contributed by atoms with Gasteiger partial charge in [0.1, 0.15) is 0 Å². The van der Waals surface area contributed by atoms with Crippen molar-refractivity contribution < 1.29 is 18.4 Å². The zero-order valence-corrected chi connectivity index (χ0v) is 15.3. The van der Waals surface area contributed by atoms with Crippen LogP contribution in [0.1, 0.15) is 0 Å². The fourth-order valence-corrected chi connectivity index (χ4v) is 12.4. The quantitative estimate of drug-likeness (QED) is 0.695. The molecule has 0 bridgehead atoms. The van der Waals surface area contributed by atoms with Crippen molar-refractivity contribution in [1.82, 2.24) is 0 Å². The summed E-state index contributed by atoms with van der Waals surface area (Å²) in [6.45, 7) is 11.2.